The van der Waals surface area contributed by atoms with Crippen LogP contribution >= 0.6 is 11.6 Å². The van der Waals surface area contributed by atoms with Gasteiger partial charge >= 0.3 is 0 Å². The van der Waals surface area contributed by atoms with E-state index in [9.17, 15) is 4.79 Å². The van der Waals surface area contributed by atoms with E-state index in [1.54, 1.807) is 25.1 Å². The monoisotopic (exact) mass is 302 g/mol. The van der Waals surface area contributed by atoms with Crippen molar-refractivity contribution in [3.8, 4) is 0 Å². The SMILES string of the molecule is Cc1cc(C(=O)Nc2cc(Cl)ccc2NC2CC2)cnn1. The summed E-state index contributed by atoms with van der Waals surface area (Å²) in [6.07, 6.45) is 3.76. The highest BCUT2D eigenvalue weighted by Crippen LogP contribution is 2.31. The number of anilines is 2. The zero-order chi connectivity index (χ0) is 14.8. The molecule has 0 aliphatic heterocycles. The minimum atomic E-state index is -0.228. The summed E-state index contributed by atoms with van der Waals surface area (Å²) in [5.41, 5.74) is 2.73. The summed E-state index contributed by atoms with van der Waals surface area (Å²) < 4.78 is 0. The molecule has 21 heavy (non-hydrogen) atoms. The molecule has 3 rings (SSSR count). The number of carbonyl (C=O) groups is 1. The number of halogens is 1. The second kappa shape index (κ2) is 5.69. The van der Waals surface area contributed by atoms with E-state index >= 15 is 0 Å². The largest absolute Gasteiger partial charge is 0.381 e. The minimum absolute atomic E-state index is 0.228. The van der Waals surface area contributed by atoms with E-state index in [0.29, 0.717) is 28.0 Å². The van der Waals surface area contributed by atoms with Gasteiger partial charge in [0, 0.05) is 11.1 Å². The van der Waals surface area contributed by atoms with Crippen LogP contribution in [0.1, 0.15) is 28.9 Å². The molecule has 1 aromatic heterocycles. The van der Waals surface area contributed by atoms with Gasteiger partial charge in [-0.05, 0) is 44.0 Å². The van der Waals surface area contributed by atoms with Crippen molar-refractivity contribution in [2.24, 2.45) is 0 Å². The first-order valence-electron chi connectivity index (χ1n) is 6.78. The van der Waals surface area contributed by atoms with Crippen LogP contribution in [0, 0.1) is 6.92 Å². The maximum atomic E-state index is 12.3. The molecule has 1 aliphatic rings. The maximum absolute atomic E-state index is 12.3. The fourth-order valence-corrected chi connectivity index (χ4v) is 2.16. The number of nitrogens with one attached hydrogen (secondary N) is 2. The van der Waals surface area contributed by atoms with Crippen LogP contribution in [0.15, 0.2) is 30.5 Å². The van der Waals surface area contributed by atoms with E-state index in [4.69, 9.17) is 11.6 Å². The summed E-state index contributed by atoms with van der Waals surface area (Å²) in [7, 11) is 0. The summed E-state index contributed by atoms with van der Waals surface area (Å²) >= 11 is 6.02. The summed E-state index contributed by atoms with van der Waals surface area (Å²) in [6.45, 7) is 1.79. The zero-order valence-corrected chi connectivity index (χ0v) is 12.3. The predicted molar refractivity (Wildman–Crippen MR) is 82.8 cm³/mol. The van der Waals surface area contributed by atoms with Gasteiger partial charge in [0.15, 0.2) is 0 Å². The number of carbonyl (C=O) groups excluding carboxylic acids is 1. The van der Waals surface area contributed by atoms with E-state index in [0.717, 1.165) is 18.5 Å². The zero-order valence-electron chi connectivity index (χ0n) is 11.6. The molecular weight excluding hydrogens is 288 g/mol. The van der Waals surface area contributed by atoms with Crippen LogP contribution in [0.5, 0.6) is 0 Å². The van der Waals surface area contributed by atoms with Crippen molar-refractivity contribution in [1.82, 2.24) is 10.2 Å². The number of aryl methyl sites for hydroxylation is 1. The molecule has 6 heteroatoms. The third-order valence-electron chi connectivity index (χ3n) is 3.21. The number of hydrogen-bond donors (Lipinski definition) is 2. The van der Waals surface area contributed by atoms with Gasteiger partial charge in [-0.25, -0.2) is 0 Å². The Morgan fingerprint density at radius 1 is 1.29 bits per heavy atom. The smallest absolute Gasteiger partial charge is 0.257 e. The lowest BCUT2D eigenvalue weighted by Crippen LogP contribution is -2.15. The average Bonchev–Trinajstić information content (AvgIpc) is 3.26. The highest BCUT2D eigenvalue weighted by Gasteiger charge is 2.22. The standard InChI is InChI=1S/C15H15ClN4O/c1-9-6-10(8-17-20-9)15(21)19-14-7-11(16)2-5-13(14)18-12-3-4-12/h2,5-8,12,18H,3-4H2,1H3,(H,19,21). The van der Waals surface area contributed by atoms with Crippen molar-refractivity contribution in [3.05, 3.63) is 46.7 Å². The van der Waals surface area contributed by atoms with Gasteiger partial charge in [-0.2, -0.15) is 10.2 Å². The molecule has 1 aliphatic carbocycles. The number of nitrogens with zero attached hydrogens (tertiary/aromatic N) is 2. The Morgan fingerprint density at radius 3 is 2.81 bits per heavy atom. The normalized spacial score (nSPS) is 13.8. The molecule has 0 saturated heterocycles. The van der Waals surface area contributed by atoms with Crippen LogP contribution in [0.4, 0.5) is 11.4 Å². The molecule has 0 bridgehead atoms. The summed E-state index contributed by atoms with van der Waals surface area (Å²) in [5, 5.41) is 14.5. The third-order valence-corrected chi connectivity index (χ3v) is 3.44. The van der Waals surface area contributed by atoms with Crippen LogP contribution in [-0.2, 0) is 0 Å². The molecule has 0 unspecified atom stereocenters. The Morgan fingerprint density at radius 2 is 2.10 bits per heavy atom. The summed E-state index contributed by atoms with van der Waals surface area (Å²) in [4.78, 5) is 12.3. The van der Waals surface area contributed by atoms with Gasteiger partial charge in [0.2, 0.25) is 0 Å². The summed E-state index contributed by atoms with van der Waals surface area (Å²) in [5.74, 6) is -0.228. The Bertz CT molecular complexity index is 685. The molecule has 0 atom stereocenters. The van der Waals surface area contributed by atoms with Crippen LogP contribution in [0.3, 0.4) is 0 Å². The number of benzene rings is 1. The maximum Gasteiger partial charge on any atom is 0.257 e. The highest BCUT2D eigenvalue weighted by molar-refractivity contribution is 6.31. The lowest BCUT2D eigenvalue weighted by molar-refractivity contribution is 0.102. The molecule has 108 valence electrons. The van der Waals surface area contributed by atoms with E-state index in [1.807, 2.05) is 6.07 Å². The van der Waals surface area contributed by atoms with Gasteiger partial charge in [-0.15, -0.1) is 0 Å². The van der Waals surface area contributed by atoms with Crippen molar-refractivity contribution in [2.45, 2.75) is 25.8 Å². The predicted octanol–water partition coefficient (Wildman–Crippen LogP) is 3.27. The molecule has 1 amide bonds. The first-order chi connectivity index (χ1) is 10.1. The van der Waals surface area contributed by atoms with E-state index in [1.165, 1.54) is 6.20 Å². The highest BCUT2D eigenvalue weighted by atomic mass is 35.5. The number of rotatable bonds is 4. The van der Waals surface area contributed by atoms with E-state index < -0.39 is 0 Å². The minimum Gasteiger partial charge on any atom is -0.381 e. The third kappa shape index (κ3) is 3.49. The number of amides is 1. The van der Waals surface area contributed by atoms with Crippen molar-refractivity contribution < 1.29 is 4.79 Å². The van der Waals surface area contributed by atoms with Gasteiger partial charge in [0.05, 0.1) is 28.8 Å². The molecular formula is C15H15ClN4O. The molecule has 2 aromatic rings. The molecule has 1 heterocycles. The van der Waals surface area contributed by atoms with Crippen molar-refractivity contribution in [1.29, 1.82) is 0 Å². The molecule has 5 nitrogen and oxygen atoms in total. The van der Waals surface area contributed by atoms with Gasteiger partial charge in [0.1, 0.15) is 0 Å². The lowest BCUT2D eigenvalue weighted by atomic mass is 10.2. The van der Waals surface area contributed by atoms with Crippen molar-refractivity contribution >= 4 is 28.9 Å². The Kier molecular flexibility index (Phi) is 3.75. The van der Waals surface area contributed by atoms with E-state index in [2.05, 4.69) is 20.8 Å². The lowest BCUT2D eigenvalue weighted by Gasteiger charge is -2.13. The Balaban J connectivity index is 1.82. The van der Waals surface area contributed by atoms with Crippen LogP contribution in [0.25, 0.3) is 0 Å². The first-order valence-corrected chi connectivity index (χ1v) is 7.16. The second-order valence-electron chi connectivity index (χ2n) is 5.15. The van der Waals surface area contributed by atoms with Crippen molar-refractivity contribution in [2.75, 3.05) is 10.6 Å². The topological polar surface area (TPSA) is 66.9 Å². The summed E-state index contributed by atoms with van der Waals surface area (Å²) in [6, 6.07) is 7.62. The number of hydrogen-bond acceptors (Lipinski definition) is 4. The van der Waals surface area contributed by atoms with Gasteiger partial charge in [-0.1, -0.05) is 11.6 Å². The molecule has 1 saturated carbocycles. The van der Waals surface area contributed by atoms with Crippen LogP contribution in [-0.4, -0.2) is 22.1 Å². The Hall–Kier alpha value is -2.14. The quantitative estimate of drug-likeness (QED) is 0.909. The van der Waals surface area contributed by atoms with Gasteiger partial charge < -0.3 is 10.6 Å². The fraction of sp³-hybridized carbons (Fsp3) is 0.267. The average molecular weight is 303 g/mol. The van der Waals surface area contributed by atoms with Crippen LogP contribution < -0.4 is 10.6 Å². The molecule has 1 fully saturated rings. The first kappa shape index (κ1) is 13.8. The second-order valence-corrected chi connectivity index (χ2v) is 5.58. The van der Waals surface area contributed by atoms with Gasteiger partial charge in [-0.3, -0.25) is 4.79 Å². The van der Waals surface area contributed by atoms with Gasteiger partial charge in [0.25, 0.3) is 5.91 Å². The molecule has 0 spiro atoms. The number of aromatic nitrogens is 2. The van der Waals surface area contributed by atoms with Crippen LogP contribution in [0.2, 0.25) is 5.02 Å². The molecule has 2 N–H and O–H groups in total. The Labute approximate surface area is 127 Å². The molecule has 0 radical (unpaired) electrons. The van der Waals surface area contributed by atoms with E-state index in [-0.39, 0.29) is 5.91 Å². The molecule has 1 aromatic carbocycles. The van der Waals surface area contributed by atoms with Crippen molar-refractivity contribution in [3.63, 3.8) is 0 Å². The fourth-order valence-electron chi connectivity index (χ4n) is 1.99.